The zero-order valence-electron chi connectivity index (χ0n) is 18.3. The number of methoxy groups -OCH3 is 3. The number of allylic oxidation sites excluding steroid dienone is 1. The van der Waals surface area contributed by atoms with Crippen LogP contribution in [0, 0.1) is 0 Å². The lowest BCUT2D eigenvalue weighted by Gasteiger charge is -2.14. The molecule has 2 heterocycles. The highest BCUT2D eigenvalue weighted by Gasteiger charge is 2.14. The third kappa shape index (κ3) is 4.15. The normalized spacial score (nSPS) is 10.7. The number of rotatable bonds is 8. The molecule has 0 fully saturated rings. The van der Waals surface area contributed by atoms with Gasteiger partial charge in [-0.15, -0.1) is 0 Å². The van der Waals surface area contributed by atoms with E-state index >= 15 is 0 Å². The van der Waals surface area contributed by atoms with Gasteiger partial charge in [-0.05, 0) is 23.8 Å². The SMILES string of the molecule is C=C(N)Cc1cccc(-n2ccc3cnc(Nc4cc(OC)c(OC)c(OC)c4)nc32)c1. The fraction of sp³-hybridized carbons (Fsp3) is 0.167. The summed E-state index contributed by atoms with van der Waals surface area (Å²) in [7, 11) is 4.71. The summed E-state index contributed by atoms with van der Waals surface area (Å²) >= 11 is 0. The Bertz CT molecular complexity index is 1260. The molecule has 0 aliphatic carbocycles. The van der Waals surface area contributed by atoms with Gasteiger partial charge in [0.1, 0.15) is 5.65 Å². The van der Waals surface area contributed by atoms with Crippen LogP contribution >= 0.6 is 0 Å². The summed E-state index contributed by atoms with van der Waals surface area (Å²) in [4.78, 5) is 9.18. The first-order chi connectivity index (χ1) is 15.5. The largest absolute Gasteiger partial charge is 0.493 e. The van der Waals surface area contributed by atoms with Crippen LogP contribution in [0.25, 0.3) is 16.7 Å². The molecule has 3 N–H and O–H groups in total. The molecule has 2 aromatic carbocycles. The lowest BCUT2D eigenvalue weighted by Crippen LogP contribution is -2.02. The number of nitrogens with one attached hydrogen (secondary N) is 1. The maximum Gasteiger partial charge on any atom is 0.229 e. The molecule has 0 bridgehead atoms. The molecule has 4 aromatic rings. The van der Waals surface area contributed by atoms with Gasteiger partial charge in [-0.1, -0.05) is 18.7 Å². The molecule has 8 nitrogen and oxygen atoms in total. The number of fused-ring (bicyclic) bond motifs is 1. The summed E-state index contributed by atoms with van der Waals surface area (Å²) in [5, 5.41) is 4.15. The predicted octanol–water partition coefficient (Wildman–Crippen LogP) is 4.20. The second-order valence-corrected chi connectivity index (χ2v) is 7.20. The second kappa shape index (κ2) is 8.89. The van der Waals surface area contributed by atoms with E-state index in [1.807, 2.05) is 35.0 Å². The van der Waals surface area contributed by atoms with Crippen molar-refractivity contribution in [3.8, 4) is 22.9 Å². The summed E-state index contributed by atoms with van der Waals surface area (Å²) in [6.45, 7) is 3.80. The smallest absolute Gasteiger partial charge is 0.229 e. The average Bonchev–Trinajstić information content (AvgIpc) is 3.21. The Morgan fingerprint density at radius 2 is 1.81 bits per heavy atom. The van der Waals surface area contributed by atoms with Crippen molar-refractivity contribution in [2.75, 3.05) is 26.6 Å². The zero-order valence-corrected chi connectivity index (χ0v) is 18.3. The van der Waals surface area contributed by atoms with Gasteiger partial charge in [0.25, 0.3) is 0 Å². The first kappa shape index (κ1) is 21.0. The first-order valence-electron chi connectivity index (χ1n) is 9.96. The molecule has 0 saturated heterocycles. The van der Waals surface area contributed by atoms with Crippen molar-refractivity contribution < 1.29 is 14.2 Å². The van der Waals surface area contributed by atoms with Gasteiger partial charge in [-0.25, -0.2) is 4.98 Å². The minimum atomic E-state index is 0.443. The van der Waals surface area contributed by atoms with Gasteiger partial charge in [0.05, 0.1) is 21.3 Å². The van der Waals surface area contributed by atoms with Crippen molar-refractivity contribution in [1.82, 2.24) is 14.5 Å². The number of nitrogens with two attached hydrogens (primary N) is 1. The summed E-state index contributed by atoms with van der Waals surface area (Å²) in [6.07, 6.45) is 4.37. The van der Waals surface area contributed by atoms with Gasteiger partial charge in [-0.2, -0.15) is 4.98 Å². The predicted molar refractivity (Wildman–Crippen MR) is 125 cm³/mol. The third-order valence-corrected chi connectivity index (χ3v) is 4.97. The van der Waals surface area contributed by atoms with Crippen molar-refractivity contribution >= 4 is 22.7 Å². The molecule has 0 aliphatic heterocycles. The van der Waals surface area contributed by atoms with Crippen LogP contribution in [0.15, 0.2) is 67.1 Å². The molecule has 0 unspecified atom stereocenters. The van der Waals surface area contributed by atoms with Crippen LogP contribution in [0.3, 0.4) is 0 Å². The maximum atomic E-state index is 5.78. The Balaban J connectivity index is 1.70. The van der Waals surface area contributed by atoms with Crippen molar-refractivity contribution in [1.29, 1.82) is 0 Å². The number of benzene rings is 2. The van der Waals surface area contributed by atoms with Gasteiger partial charge < -0.3 is 29.8 Å². The van der Waals surface area contributed by atoms with Crippen molar-refractivity contribution in [2.24, 2.45) is 5.73 Å². The molecule has 0 saturated carbocycles. The zero-order chi connectivity index (χ0) is 22.7. The minimum absolute atomic E-state index is 0.443. The summed E-state index contributed by atoms with van der Waals surface area (Å²) in [5.41, 5.74) is 9.96. The van der Waals surface area contributed by atoms with Gasteiger partial charge in [0.15, 0.2) is 11.5 Å². The summed E-state index contributed by atoms with van der Waals surface area (Å²) < 4.78 is 18.2. The van der Waals surface area contributed by atoms with E-state index in [0.717, 1.165) is 22.3 Å². The third-order valence-electron chi connectivity index (χ3n) is 4.97. The Hall–Kier alpha value is -4.20. The molecular weight excluding hydrogens is 406 g/mol. The molecule has 0 amide bonds. The molecule has 32 heavy (non-hydrogen) atoms. The average molecular weight is 431 g/mol. The Kier molecular flexibility index (Phi) is 5.85. The first-order valence-corrected chi connectivity index (χ1v) is 9.96. The van der Waals surface area contributed by atoms with E-state index in [1.54, 1.807) is 39.7 Å². The minimum Gasteiger partial charge on any atom is -0.493 e. The molecule has 8 heteroatoms. The Morgan fingerprint density at radius 1 is 1.06 bits per heavy atom. The van der Waals surface area contributed by atoms with E-state index in [9.17, 15) is 0 Å². The van der Waals surface area contributed by atoms with E-state index in [4.69, 9.17) is 24.9 Å². The fourth-order valence-corrected chi connectivity index (χ4v) is 3.55. The molecule has 0 radical (unpaired) electrons. The van der Waals surface area contributed by atoms with E-state index in [-0.39, 0.29) is 0 Å². The number of nitrogens with zero attached hydrogens (tertiary/aromatic N) is 3. The summed E-state index contributed by atoms with van der Waals surface area (Å²) in [5.74, 6) is 2.04. The van der Waals surface area contributed by atoms with Crippen molar-refractivity contribution in [3.05, 3.63) is 72.7 Å². The van der Waals surface area contributed by atoms with E-state index in [1.165, 1.54) is 0 Å². The Labute approximate surface area is 186 Å². The quantitative estimate of drug-likeness (QED) is 0.431. The molecule has 164 valence electrons. The van der Waals surface area contributed by atoms with E-state index in [0.29, 0.717) is 41.0 Å². The van der Waals surface area contributed by atoms with Crippen LogP contribution in [-0.2, 0) is 6.42 Å². The van der Waals surface area contributed by atoms with Crippen LogP contribution < -0.4 is 25.3 Å². The van der Waals surface area contributed by atoms with Gasteiger partial charge in [0.2, 0.25) is 11.7 Å². The van der Waals surface area contributed by atoms with Crippen LogP contribution in [0.5, 0.6) is 17.2 Å². The Morgan fingerprint density at radius 3 is 2.47 bits per heavy atom. The molecular formula is C24H25N5O3. The highest BCUT2D eigenvalue weighted by Crippen LogP contribution is 2.40. The van der Waals surface area contributed by atoms with Crippen LogP contribution in [0.1, 0.15) is 5.56 Å². The van der Waals surface area contributed by atoms with E-state index in [2.05, 4.69) is 22.9 Å². The monoisotopic (exact) mass is 431 g/mol. The molecule has 0 aliphatic rings. The van der Waals surface area contributed by atoms with Gasteiger partial charge in [-0.3, -0.25) is 0 Å². The summed E-state index contributed by atoms with van der Waals surface area (Å²) in [6, 6.07) is 13.7. The van der Waals surface area contributed by atoms with Gasteiger partial charge in [0, 0.05) is 53.4 Å². The fourth-order valence-electron chi connectivity index (χ4n) is 3.55. The lowest BCUT2D eigenvalue weighted by atomic mass is 10.1. The topological polar surface area (TPSA) is 96.5 Å². The number of hydrogen-bond acceptors (Lipinski definition) is 7. The number of hydrogen-bond donors (Lipinski definition) is 2. The van der Waals surface area contributed by atoms with E-state index < -0.39 is 0 Å². The molecule has 0 atom stereocenters. The standard InChI is InChI=1S/C24H25N5O3/c1-15(25)10-16-6-5-7-19(11-16)29-9-8-17-14-26-24(28-23(17)29)27-18-12-20(30-2)22(32-4)21(13-18)31-3/h5-9,11-14H,1,10,25H2,2-4H3,(H,26,27,28). The second-order valence-electron chi connectivity index (χ2n) is 7.20. The van der Waals surface area contributed by atoms with Crippen LogP contribution in [0.4, 0.5) is 11.6 Å². The van der Waals surface area contributed by atoms with Gasteiger partial charge >= 0.3 is 0 Å². The highest BCUT2D eigenvalue weighted by atomic mass is 16.5. The van der Waals surface area contributed by atoms with Crippen LogP contribution in [0.2, 0.25) is 0 Å². The number of ether oxygens (including phenoxy) is 3. The van der Waals surface area contributed by atoms with Crippen molar-refractivity contribution in [2.45, 2.75) is 6.42 Å². The highest BCUT2D eigenvalue weighted by molar-refractivity contribution is 5.79. The maximum absolute atomic E-state index is 5.78. The molecule has 0 spiro atoms. The number of anilines is 2. The van der Waals surface area contributed by atoms with Crippen LogP contribution in [-0.4, -0.2) is 35.9 Å². The number of aromatic nitrogens is 3. The lowest BCUT2D eigenvalue weighted by molar-refractivity contribution is 0.324. The molecule has 2 aromatic heterocycles. The molecule has 4 rings (SSSR count). The van der Waals surface area contributed by atoms with Crippen molar-refractivity contribution in [3.63, 3.8) is 0 Å².